The number of nitrogens with two attached hydrogens (primary N) is 1. The van der Waals surface area contributed by atoms with Crippen molar-refractivity contribution in [2.24, 2.45) is 5.73 Å². The van der Waals surface area contributed by atoms with Crippen LogP contribution in [0.3, 0.4) is 0 Å². The molecular formula is C12H25NO4. The van der Waals surface area contributed by atoms with Crippen LogP contribution in [0.2, 0.25) is 0 Å². The highest BCUT2D eigenvalue weighted by atomic mass is 16.5. The first kappa shape index (κ1) is 16.4. The molecule has 1 unspecified atom stereocenters. The Morgan fingerprint density at radius 1 is 1.12 bits per heavy atom. The zero-order chi connectivity index (χ0) is 13.1. The van der Waals surface area contributed by atoms with Gasteiger partial charge in [-0.15, -0.1) is 0 Å². The van der Waals surface area contributed by atoms with Crippen LogP contribution < -0.4 is 5.73 Å². The molecule has 2 N–H and O–H groups in total. The summed E-state index contributed by atoms with van der Waals surface area (Å²) in [5.74, 6) is -0.352. The van der Waals surface area contributed by atoms with Gasteiger partial charge in [0, 0.05) is 13.2 Å². The van der Waals surface area contributed by atoms with E-state index in [-0.39, 0.29) is 5.97 Å². The largest absolute Gasteiger partial charge is 0.465 e. The van der Waals surface area contributed by atoms with E-state index in [9.17, 15) is 4.79 Å². The summed E-state index contributed by atoms with van der Waals surface area (Å²) in [6.07, 6.45) is 1.29. The van der Waals surface area contributed by atoms with Gasteiger partial charge in [0.05, 0.1) is 19.8 Å². The molecule has 0 aromatic rings. The molecule has 17 heavy (non-hydrogen) atoms. The molecular weight excluding hydrogens is 222 g/mol. The third-order valence-electron chi connectivity index (χ3n) is 2.30. The minimum absolute atomic E-state index is 0.352. The van der Waals surface area contributed by atoms with Crippen molar-refractivity contribution in [3.8, 4) is 0 Å². The molecule has 0 aliphatic carbocycles. The van der Waals surface area contributed by atoms with Gasteiger partial charge in [0.25, 0.3) is 0 Å². The summed E-state index contributed by atoms with van der Waals surface area (Å²) in [6.45, 7) is 8.22. The van der Waals surface area contributed by atoms with E-state index in [1.54, 1.807) is 13.8 Å². The van der Waals surface area contributed by atoms with Gasteiger partial charge in [-0.2, -0.15) is 0 Å². The highest BCUT2D eigenvalue weighted by Gasteiger charge is 2.28. The second kappa shape index (κ2) is 9.39. The fourth-order valence-corrected chi connectivity index (χ4v) is 1.30. The average molecular weight is 247 g/mol. The molecule has 102 valence electrons. The first-order chi connectivity index (χ1) is 8.04. The third-order valence-corrected chi connectivity index (χ3v) is 2.30. The van der Waals surface area contributed by atoms with Crippen molar-refractivity contribution in [3.05, 3.63) is 0 Å². The fraction of sp³-hybridized carbons (Fsp3) is 0.917. The monoisotopic (exact) mass is 247 g/mol. The lowest BCUT2D eigenvalue weighted by Crippen LogP contribution is -2.46. The van der Waals surface area contributed by atoms with Crippen molar-refractivity contribution in [3.63, 3.8) is 0 Å². The van der Waals surface area contributed by atoms with Gasteiger partial charge in [-0.25, -0.2) is 0 Å². The zero-order valence-electron chi connectivity index (χ0n) is 11.2. The second-order valence-corrected chi connectivity index (χ2v) is 4.05. The Labute approximate surface area is 104 Å². The van der Waals surface area contributed by atoms with Crippen LogP contribution in [-0.2, 0) is 19.0 Å². The molecule has 0 saturated heterocycles. The molecule has 0 saturated carbocycles. The number of rotatable bonds is 10. The Hall–Kier alpha value is -0.650. The van der Waals surface area contributed by atoms with Gasteiger partial charge in [-0.1, -0.05) is 0 Å². The van der Waals surface area contributed by atoms with Crippen molar-refractivity contribution in [1.82, 2.24) is 0 Å². The maximum absolute atomic E-state index is 11.5. The minimum atomic E-state index is -0.917. The number of esters is 1. The first-order valence-electron chi connectivity index (χ1n) is 6.16. The predicted octanol–water partition coefficient (Wildman–Crippen LogP) is 1.10. The lowest BCUT2D eigenvalue weighted by atomic mass is 9.98. The predicted molar refractivity (Wildman–Crippen MR) is 65.8 cm³/mol. The van der Waals surface area contributed by atoms with E-state index in [4.69, 9.17) is 19.9 Å². The Balaban J connectivity index is 3.55. The molecule has 0 aromatic heterocycles. The smallest absolute Gasteiger partial charge is 0.325 e. The van der Waals surface area contributed by atoms with E-state index in [1.807, 2.05) is 6.92 Å². The van der Waals surface area contributed by atoms with Gasteiger partial charge in [-0.3, -0.25) is 4.79 Å². The molecule has 5 nitrogen and oxygen atoms in total. The average Bonchev–Trinajstić information content (AvgIpc) is 2.28. The highest BCUT2D eigenvalue weighted by molar-refractivity contribution is 5.79. The van der Waals surface area contributed by atoms with Crippen molar-refractivity contribution in [2.45, 2.75) is 39.2 Å². The van der Waals surface area contributed by atoms with E-state index in [2.05, 4.69) is 0 Å². The number of hydrogen-bond acceptors (Lipinski definition) is 5. The Kier molecular flexibility index (Phi) is 9.03. The lowest BCUT2D eigenvalue weighted by molar-refractivity contribution is -0.149. The summed E-state index contributed by atoms with van der Waals surface area (Å²) in [5.41, 5.74) is 4.94. The van der Waals surface area contributed by atoms with Crippen LogP contribution in [0.5, 0.6) is 0 Å². The van der Waals surface area contributed by atoms with Crippen LogP contribution in [0, 0.1) is 0 Å². The minimum Gasteiger partial charge on any atom is -0.465 e. The number of hydrogen-bond donors (Lipinski definition) is 1. The molecule has 0 aromatic carbocycles. The quantitative estimate of drug-likeness (QED) is 0.462. The van der Waals surface area contributed by atoms with Crippen molar-refractivity contribution >= 4 is 5.97 Å². The Bertz CT molecular complexity index is 207. The molecule has 0 bridgehead atoms. The summed E-state index contributed by atoms with van der Waals surface area (Å²) in [5, 5.41) is 0. The van der Waals surface area contributed by atoms with Crippen LogP contribution in [0.1, 0.15) is 33.6 Å². The summed E-state index contributed by atoms with van der Waals surface area (Å²) < 4.78 is 15.4. The van der Waals surface area contributed by atoms with Crippen molar-refractivity contribution in [1.29, 1.82) is 0 Å². The van der Waals surface area contributed by atoms with Crippen molar-refractivity contribution < 1.29 is 19.0 Å². The van der Waals surface area contributed by atoms with Crippen LogP contribution in [0.25, 0.3) is 0 Å². The number of carbonyl (C=O) groups excluding carboxylic acids is 1. The molecule has 0 heterocycles. The topological polar surface area (TPSA) is 70.8 Å². The van der Waals surface area contributed by atoms with E-state index < -0.39 is 5.54 Å². The first-order valence-corrected chi connectivity index (χ1v) is 6.16. The Morgan fingerprint density at radius 3 is 2.35 bits per heavy atom. The third kappa shape index (κ3) is 8.12. The van der Waals surface area contributed by atoms with Gasteiger partial charge in [-0.05, 0) is 33.6 Å². The molecule has 0 aliphatic heterocycles. The van der Waals surface area contributed by atoms with E-state index in [0.29, 0.717) is 39.5 Å². The van der Waals surface area contributed by atoms with Gasteiger partial charge in [0.2, 0.25) is 0 Å². The van der Waals surface area contributed by atoms with Gasteiger partial charge < -0.3 is 19.9 Å². The van der Waals surface area contributed by atoms with E-state index in [0.717, 1.165) is 6.42 Å². The fourth-order valence-electron chi connectivity index (χ4n) is 1.30. The van der Waals surface area contributed by atoms with Crippen LogP contribution in [0.4, 0.5) is 0 Å². The second-order valence-electron chi connectivity index (χ2n) is 4.05. The van der Waals surface area contributed by atoms with Gasteiger partial charge >= 0.3 is 5.97 Å². The summed E-state index contributed by atoms with van der Waals surface area (Å²) in [7, 11) is 0. The standard InChI is InChI=1S/C12H25NO4/c1-4-15-9-10-16-8-6-7-12(3,13)11(14)17-5-2/h4-10,13H2,1-3H3. The van der Waals surface area contributed by atoms with Crippen LogP contribution in [0.15, 0.2) is 0 Å². The SMILES string of the molecule is CCOCCOCCCC(C)(N)C(=O)OCC. The highest BCUT2D eigenvalue weighted by Crippen LogP contribution is 2.11. The number of carbonyl (C=O) groups is 1. The van der Waals surface area contributed by atoms with E-state index >= 15 is 0 Å². The molecule has 0 rings (SSSR count). The molecule has 1 atom stereocenters. The van der Waals surface area contributed by atoms with Crippen LogP contribution in [-0.4, -0.2) is 44.5 Å². The molecule has 0 radical (unpaired) electrons. The molecule has 0 fully saturated rings. The zero-order valence-corrected chi connectivity index (χ0v) is 11.2. The normalized spacial score (nSPS) is 14.4. The maximum atomic E-state index is 11.5. The van der Waals surface area contributed by atoms with Gasteiger partial charge in [0.1, 0.15) is 5.54 Å². The Morgan fingerprint density at radius 2 is 1.76 bits per heavy atom. The molecule has 0 amide bonds. The summed E-state index contributed by atoms with van der Waals surface area (Å²) >= 11 is 0. The van der Waals surface area contributed by atoms with Crippen molar-refractivity contribution in [2.75, 3.05) is 33.0 Å². The van der Waals surface area contributed by atoms with Gasteiger partial charge in [0.15, 0.2) is 0 Å². The summed E-state index contributed by atoms with van der Waals surface area (Å²) in [6, 6.07) is 0. The van der Waals surface area contributed by atoms with Crippen LogP contribution >= 0.6 is 0 Å². The molecule has 0 spiro atoms. The molecule has 0 aliphatic rings. The molecule has 5 heteroatoms. The number of ether oxygens (including phenoxy) is 3. The van der Waals surface area contributed by atoms with E-state index in [1.165, 1.54) is 0 Å². The maximum Gasteiger partial charge on any atom is 0.325 e. The summed E-state index contributed by atoms with van der Waals surface area (Å²) in [4.78, 5) is 11.5. The lowest BCUT2D eigenvalue weighted by Gasteiger charge is -2.21.